The minimum atomic E-state index is 0.726. The summed E-state index contributed by atoms with van der Waals surface area (Å²) < 4.78 is 0. The SMILES string of the molecule is CSc1ccc2c(c1)C=Cc1ccc(C=O)cc1S2. The molecule has 1 aliphatic rings. The lowest BCUT2D eigenvalue weighted by Gasteiger charge is -2.07. The van der Waals surface area contributed by atoms with E-state index in [1.807, 2.05) is 18.2 Å². The van der Waals surface area contributed by atoms with Gasteiger partial charge in [-0.25, -0.2) is 0 Å². The first-order chi connectivity index (χ1) is 9.30. The predicted molar refractivity (Wildman–Crippen MR) is 83.1 cm³/mol. The van der Waals surface area contributed by atoms with E-state index in [9.17, 15) is 4.79 Å². The van der Waals surface area contributed by atoms with Gasteiger partial charge in [-0.05, 0) is 41.6 Å². The fraction of sp³-hybridized carbons (Fsp3) is 0.0625. The molecule has 1 heterocycles. The summed E-state index contributed by atoms with van der Waals surface area (Å²) >= 11 is 3.47. The maximum Gasteiger partial charge on any atom is 0.150 e. The van der Waals surface area contributed by atoms with Crippen molar-refractivity contribution in [3.8, 4) is 0 Å². The summed E-state index contributed by atoms with van der Waals surface area (Å²) in [7, 11) is 0. The lowest BCUT2D eigenvalue weighted by molar-refractivity contribution is 0.112. The second-order valence-electron chi connectivity index (χ2n) is 4.25. The Bertz CT molecular complexity index is 674. The van der Waals surface area contributed by atoms with Crippen LogP contribution in [-0.2, 0) is 0 Å². The molecule has 1 nitrogen and oxygen atoms in total. The molecule has 0 N–H and O–H groups in total. The number of fused-ring (bicyclic) bond motifs is 2. The van der Waals surface area contributed by atoms with Crippen molar-refractivity contribution in [2.45, 2.75) is 14.7 Å². The van der Waals surface area contributed by atoms with Gasteiger partial charge in [0.15, 0.2) is 0 Å². The normalized spacial score (nSPS) is 12.5. The number of thioether (sulfide) groups is 1. The van der Waals surface area contributed by atoms with Crippen LogP contribution in [-0.4, -0.2) is 12.5 Å². The molecular weight excluding hydrogens is 272 g/mol. The molecule has 0 saturated heterocycles. The third-order valence-corrected chi connectivity index (χ3v) is 4.94. The molecule has 0 aromatic heterocycles. The van der Waals surface area contributed by atoms with E-state index in [-0.39, 0.29) is 0 Å². The summed E-state index contributed by atoms with van der Waals surface area (Å²) in [5.41, 5.74) is 3.13. The summed E-state index contributed by atoms with van der Waals surface area (Å²) in [6.45, 7) is 0. The second-order valence-corrected chi connectivity index (χ2v) is 6.22. The summed E-state index contributed by atoms with van der Waals surface area (Å²) in [6.07, 6.45) is 7.24. The standard InChI is InChI=1S/C16H12OS2/c1-18-14-6-7-15-13(9-14)5-4-12-3-2-11(10-17)8-16(12)19-15/h2-10H,1H3. The molecule has 94 valence electrons. The van der Waals surface area contributed by atoms with Gasteiger partial charge in [0.2, 0.25) is 0 Å². The van der Waals surface area contributed by atoms with Crippen LogP contribution in [0.1, 0.15) is 21.5 Å². The minimum Gasteiger partial charge on any atom is -0.298 e. The smallest absolute Gasteiger partial charge is 0.150 e. The van der Waals surface area contributed by atoms with Gasteiger partial charge in [0, 0.05) is 20.2 Å². The van der Waals surface area contributed by atoms with Crippen LogP contribution in [0.5, 0.6) is 0 Å². The molecule has 0 spiro atoms. The molecule has 3 heteroatoms. The summed E-state index contributed by atoms with van der Waals surface area (Å²) in [5.74, 6) is 0. The number of hydrogen-bond donors (Lipinski definition) is 0. The van der Waals surface area contributed by atoms with Crippen LogP contribution < -0.4 is 0 Å². The Balaban J connectivity index is 2.09. The molecule has 0 atom stereocenters. The zero-order valence-corrected chi connectivity index (χ0v) is 12.1. The zero-order valence-electron chi connectivity index (χ0n) is 10.4. The first-order valence-corrected chi connectivity index (χ1v) is 7.97. The van der Waals surface area contributed by atoms with Gasteiger partial charge in [-0.1, -0.05) is 36.0 Å². The van der Waals surface area contributed by atoms with Crippen molar-refractivity contribution in [1.82, 2.24) is 0 Å². The van der Waals surface area contributed by atoms with Gasteiger partial charge in [0.05, 0.1) is 0 Å². The quantitative estimate of drug-likeness (QED) is 0.494. The van der Waals surface area contributed by atoms with Crippen molar-refractivity contribution in [2.24, 2.45) is 0 Å². The van der Waals surface area contributed by atoms with E-state index in [0.717, 1.165) is 22.3 Å². The highest BCUT2D eigenvalue weighted by Gasteiger charge is 2.11. The average molecular weight is 284 g/mol. The van der Waals surface area contributed by atoms with Crippen LogP contribution >= 0.6 is 23.5 Å². The lowest BCUT2D eigenvalue weighted by Crippen LogP contribution is -1.84. The first-order valence-electron chi connectivity index (χ1n) is 5.93. The Hall–Kier alpha value is -1.45. The molecular formula is C16H12OS2. The van der Waals surface area contributed by atoms with E-state index in [2.05, 4.69) is 36.6 Å². The van der Waals surface area contributed by atoms with Crippen LogP contribution in [0.25, 0.3) is 12.2 Å². The van der Waals surface area contributed by atoms with Gasteiger partial charge in [-0.15, -0.1) is 11.8 Å². The van der Waals surface area contributed by atoms with Crippen LogP contribution in [0.2, 0.25) is 0 Å². The van der Waals surface area contributed by atoms with Gasteiger partial charge >= 0.3 is 0 Å². The summed E-state index contributed by atoms with van der Waals surface area (Å²) in [5, 5.41) is 0. The van der Waals surface area contributed by atoms with Gasteiger partial charge in [0.1, 0.15) is 6.29 Å². The van der Waals surface area contributed by atoms with Crippen LogP contribution in [0.4, 0.5) is 0 Å². The Morgan fingerprint density at radius 1 is 1.00 bits per heavy atom. The third kappa shape index (κ3) is 2.48. The number of carbonyl (C=O) groups excluding carboxylic acids is 1. The summed E-state index contributed by atoms with van der Waals surface area (Å²) in [4.78, 5) is 14.5. The van der Waals surface area contributed by atoms with E-state index in [1.165, 1.54) is 15.4 Å². The minimum absolute atomic E-state index is 0.726. The van der Waals surface area contributed by atoms with Gasteiger partial charge in [-0.3, -0.25) is 4.79 Å². The fourth-order valence-electron chi connectivity index (χ4n) is 2.03. The van der Waals surface area contributed by atoms with Crippen molar-refractivity contribution >= 4 is 42.0 Å². The van der Waals surface area contributed by atoms with Crippen molar-refractivity contribution in [3.63, 3.8) is 0 Å². The fourth-order valence-corrected chi connectivity index (χ4v) is 3.54. The van der Waals surface area contributed by atoms with E-state index in [4.69, 9.17) is 0 Å². The number of hydrogen-bond acceptors (Lipinski definition) is 3. The number of aldehydes is 1. The van der Waals surface area contributed by atoms with Crippen LogP contribution in [0.15, 0.2) is 51.1 Å². The average Bonchev–Trinajstić information content (AvgIpc) is 2.64. The van der Waals surface area contributed by atoms with Crippen LogP contribution in [0, 0.1) is 0 Å². The first kappa shape index (κ1) is 12.6. The topological polar surface area (TPSA) is 17.1 Å². The number of carbonyl (C=O) groups is 1. The highest BCUT2D eigenvalue weighted by molar-refractivity contribution is 7.99. The number of benzene rings is 2. The highest BCUT2D eigenvalue weighted by atomic mass is 32.2. The van der Waals surface area contributed by atoms with Crippen molar-refractivity contribution < 1.29 is 4.79 Å². The Morgan fingerprint density at radius 2 is 1.84 bits per heavy atom. The molecule has 0 aliphatic carbocycles. The number of rotatable bonds is 2. The Labute approximate surface area is 121 Å². The highest BCUT2D eigenvalue weighted by Crippen LogP contribution is 2.38. The second kappa shape index (κ2) is 5.27. The van der Waals surface area contributed by atoms with E-state index in [1.54, 1.807) is 23.5 Å². The molecule has 2 aromatic carbocycles. The van der Waals surface area contributed by atoms with Gasteiger partial charge in [-0.2, -0.15) is 0 Å². The van der Waals surface area contributed by atoms with E-state index in [0.29, 0.717) is 0 Å². The molecule has 19 heavy (non-hydrogen) atoms. The molecule has 1 aliphatic heterocycles. The zero-order chi connectivity index (χ0) is 13.2. The molecule has 0 saturated carbocycles. The molecule has 3 rings (SSSR count). The van der Waals surface area contributed by atoms with Gasteiger partial charge < -0.3 is 0 Å². The van der Waals surface area contributed by atoms with Crippen molar-refractivity contribution in [1.29, 1.82) is 0 Å². The monoisotopic (exact) mass is 284 g/mol. The maximum absolute atomic E-state index is 10.9. The molecule has 0 bridgehead atoms. The molecule has 0 fully saturated rings. The maximum atomic E-state index is 10.9. The van der Waals surface area contributed by atoms with Crippen molar-refractivity contribution in [3.05, 3.63) is 53.1 Å². The molecule has 0 radical (unpaired) electrons. The largest absolute Gasteiger partial charge is 0.298 e. The molecule has 0 unspecified atom stereocenters. The van der Waals surface area contributed by atoms with Crippen molar-refractivity contribution in [2.75, 3.05) is 6.26 Å². The summed E-state index contributed by atoms with van der Waals surface area (Å²) in [6, 6.07) is 12.3. The Morgan fingerprint density at radius 3 is 2.63 bits per heavy atom. The van der Waals surface area contributed by atoms with Gasteiger partial charge in [0.25, 0.3) is 0 Å². The van der Waals surface area contributed by atoms with E-state index < -0.39 is 0 Å². The lowest BCUT2D eigenvalue weighted by atomic mass is 10.1. The van der Waals surface area contributed by atoms with E-state index >= 15 is 0 Å². The third-order valence-electron chi connectivity index (χ3n) is 3.05. The molecule has 2 aromatic rings. The predicted octanol–water partition coefficient (Wildman–Crippen LogP) is 4.86. The van der Waals surface area contributed by atoms with Crippen LogP contribution in [0.3, 0.4) is 0 Å². The Kier molecular flexibility index (Phi) is 3.49. The molecule has 0 amide bonds.